The molecular formula is C34H40N6O4S. The highest BCUT2D eigenvalue weighted by Gasteiger charge is 2.40. The molecule has 0 radical (unpaired) electrons. The highest BCUT2D eigenvalue weighted by Crippen LogP contribution is 2.45. The number of carbonyl (C=O) groups is 1. The average Bonchev–Trinajstić information content (AvgIpc) is 3.14. The minimum atomic E-state index is -3.81. The minimum absolute atomic E-state index is 0.154. The molecule has 2 heterocycles. The molecule has 0 saturated carbocycles. The molecule has 4 aromatic rings. The number of hydrogen-bond acceptors (Lipinski definition) is 8. The number of rotatable bonds is 9. The van der Waals surface area contributed by atoms with E-state index in [1.54, 1.807) is 36.7 Å². The molecule has 0 fully saturated rings. The van der Waals surface area contributed by atoms with Crippen molar-refractivity contribution in [2.24, 2.45) is 5.41 Å². The molecule has 10 nitrogen and oxygen atoms in total. The van der Waals surface area contributed by atoms with Gasteiger partial charge in [0.25, 0.3) is 0 Å². The van der Waals surface area contributed by atoms with Crippen LogP contribution in [0.3, 0.4) is 0 Å². The van der Waals surface area contributed by atoms with E-state index in [0.717, 1.165) is 40.0 Å². The molecule has 0 aliphatic carbocycles. The van der Waals surface area contributed by atoms with Gasteiger partial charge in [0.2, 0.25) is 15.9 Å². The van der Waals surface area contributed by atoms with Gasteiger partial charge in [-0.2, -0.15) is 4.31 Å². The van der Waals surface area contributed by atoms with Gasteiger partial charge in [0.05, 0.1) is 34.9 Å². The Balaban J connectivity index is 1.59. The predicted octanol–water partition coefficient (Wildman–Crippen LogP) is 5.49. The molecule has 1 aliphatic heterocycles. The zero-order chi connectivity index (χ0) is 32.4. The third-order valence-corrected chi connectivity index (χ3v) is 10.4. The Morgan fingerprint density at radius 2 is 1.82 bits per heavy atom. The standard InChI is InChI=1S/C34H40N6O4S/c1-6-38-28-14-13-27(23(3)32(28)35)31(34(4,5)33(41)39-26-18-36-21-37-19-26)24-12-11-22(2)25(17-24)20-40-15-16-44-29-9-7-8-10-30(29)45(40,42)43/h7-14,17-19,21,31,38H,6,15-16,20,35H2,1-5H3,(H,39,41). The molecule has 3 aromatic carbocycles. The second kappa shape index (κ2) is 12.9. The molecule has 11 heteroatoms. The summed E-state index contributed by atoms with van der Waals surface area (Å²) >= 11 is 0. The number of para-hydroxylation sites is 1. The van der Waals surface area contributed by atoms with E-state index in [2.05, 4.69) is 20.6 Å². The first-order valence-corrected chi connectivity index (χ1v) is 16.4. The molecule has 1 amide bonds. The molecule has 1 atom stereocenters. The van der Waals surface area contributed by atoms with E-state index in [1.165, 1.54) is 10.6 Å². The van der Waals surface area contributed by atoms with Crippen LogP contribution < -0.4 is 21.1 Å². The second-order valence-electron chi connectivity index (χ2n) is 11.8. The quantitative estimate of drug-likeness (QED) is 0.207. The van der Waals surface area contributed by atoms with Gasteiger partial charge >= 0.3 is 0 Å². The number of ether oxygens (including phenoxy) is 1. The normalized spacial score (nSPS) is 15.3. The lowest BCUT2D eigenvalue weighted by Crippen LogP contribution is -2.37. The van der Waals surface area contributed by atoms with Crippen molar-refractivity contribution in [3.8, 4) is 5.75 Å². The van der Waals surface area contributed by atoms with Gasteiger partial charge < -0.3 is 21.1 Å². The van der Waals surface area contributed by atoms with Crippen molar-refractivity contribution >= 4 is 33.0 Å². The first kappa shape index (κ1) is 31.9. The lowest BCUT2D eigenvalue weighted by Gasteiger charge is -2.36. The van der Waals surface area contributed by atoms with E-state index in [0.29, 0.717) is 17.1 Å². The molecule has 0 saturated heterocycles. The number of nitrogens with zero attached hydrogens (tertiary/aromatic N) is 3. The molecule has 1 aliphatic rings. The average molecular weight is 629 g/mol. The summed E-state index contributed by atoms with van der Waals surface area (Å²) in [6, 6.07) is 16.7. The van der Waals surface area contributed by atoms with Crippen molar-refractivity contribution in [2.75, 3.05) is 36.1 Å². The highest BCUT2D eigenvalue weighted by atomic mass is 32.2. The molecule has 1 unspecified atom stereocenters. The summed E-state index contributed by atoms with van der Waals surface area (Å²) in [7, 11) is -3.81. The first-order chi connectivity index (χ1) is 21.4. The van der Waals surface area contributed by atoms with E-state index in [4.69, 9.17) is 10.5 Å². The SMILES string of the molecule is CCNc1ccc(C(c2ccc(C)c(CN3CCOc4ccccc4S3(=O)=O)c2)C(C)(C)C(=O)Nc2cncnc2)c(C)c1N. The number of nitrogens with one attached hydrogen (secondary N) is 2. The number of amides is 1. The van der Waals surface area contributed by atoms with Gasteiger partial charge in [-0.3, -0.25) is 4.79 Å². The third-order valence-electron chi connectivity index (χ3n) is 8.48. The largest absolute Gasteiger partial charge is 0.491 e. The van der Waals surface area contributed by atoms with Gasteiger partial charge in [-0.1, -0.05) is 50.2 Å². The van der Waals surface area contributed by atoms with Crippen LogP contribution in [0, 0.1) is 19.3 Å². The smallest absolute Gasteiger partial charge is 0.247 e. The number of benzene rings is 3. The van der Waals surface area contributed by atoms with Gasteiger partial charge in [-0.25, -0.2) is 18.4 Å². The Hall–Kier alpha value is -4.48. The van der Waals surface area contributed by atoms with Crippen LogP contribution in [0.4, 0.5) is 17.1 Å². The van der Waals surface area contributed by atoms with Crippen molar-refractivity contribution in [3.63, 3.8) is 0 Å². The molecule has 45 heavy (non-hydrogen) atoms. The Bertz CT molecular complexity index is 1810. The monoisotopic (exact) mass is 628 g/mol. The molecule has 4 N–H and O–H groups in total. The zero-order valence-electron chi connectivity index (χ0n) is 26.3. The van der Waals surface area contributed by atoms with E-state index >= 15 is 0 Å². The number of sulfonamides is 1. The number of carbonyl (C=O) groups excluding carboxylic acids is 1. The fourth-order valence-electron chi connectivity index (χ4n) is 5.87. The summed E-state index contributed by atoms with van der Waals surface area (Å²) in [6.07, 6.45) is 4.51. The molecule has 5 rings (SSSR count). The van der Waals surface area contributed by atoms with Crippen molar-refractivity contribution in [1.29, 1.82) is 0 Å². The Morgan fingerprint density at radius 3 is 2.56 bits per heavy atom. The van der Waals surface area contributed by atoms with Gasteiger partial charge in [-0.15, -0.1) is 0 Å². The topological polar surface area (TPSA) is 140 Å². The Kier molecular flexibility index (Phi) is 9.13. The summed E-state index contributed by atoms with van der Waals surface area (Å²) < 4.78 is 34.7. The van der Waals surface area contributed by atoms with Crippen LogP contribution in [0.2, 0.25) is 0 Å². The molecule has 0 bridgehead atoms. The summed E-state index contributed by atoms with van der Waals surface area (Å²) in [5.41, 5.74) is 12.0. The number of nitrogens with two attached hydrogens (primary N) is 1. The van der Waals surface area contributed by atoms with Gasteiger partial charge in [0.15, 0.2) is 0 Å². The number of nitrogen functional groups attached to an aromatic ring is 1. The molecule has 1 aromatic heterocycles. The second-order valence-corrected chi connectivity index (χ2v) is 13.7. The van der Waals surface area contributed by atoms with Gasteiger partial charge in [-0.05, 0) is 66.8 Å². The van der Waals surface area contributed by atoms with E-state index in [9.17, 15) is 13.2 Å². The van der Waals surface area contributed by atoms with Crippen LogP contribution in [0.15, 0.2) is 78.2 Å². The molecular weight excluding hydrogens is 588 g/mol. The summed E-state index contributed by atoms with van der Waals surface area (Å²) in [4.78, 5) is 22.2. The van der Waals surface area contributed by atoms with Crippen LogP contribution in [0.25, 0.3) is 0 Å². The van der Waals surface area contributed by atoms with Crippen molar-refractivity contribution < 1.29 is 17.9 Å². The van der Waals surface area contributed by atoms with Crippen LogP contribution in [-0.2, 0) is 21.4 Å². The minimum Gasteiger partial charge on any atom is -0.491 e. The Morgan fingerprint density at radius 1 is 1.09 bits per heavy atom. The molecule has 0 spiro atoms. The number of hydrogen-bond donors (Lipinski definition) is 3. The highest BCUT2D eigenvalue weighted by molar-refractivity contribution is 7.89. The molecule has 236 valence electrons. The fraction of sp³-hybridized carbons (Fsp3) is 0.324. The van der Waals surface area contributed by atoms with Crippen LogP contribution in [0.5, 0.6) is 5.75 Å². The van der Waals surface area contributed by atoms with E-state index in [1.807, 2.05) is 65.0 Å². The number of fused-ring (bicyclic) bond motifs is 1. The van der Waals surface area contributed by atoms with Gasteiger partial charge in [0, 0.05) is 25.6 Å². The maximum Gasteiger partial charge on any atom is 0.247 e. The lowest BCUT2D eigenvalue weighted by molar-refractivity contribution is -0.124. The van der Waals surface area contributed by atoms with Crippen LogP contribution in [0.1, 0.15) is 54.5 Å². The lowest BCUT2D eigenvalue weighted by atomic mass is 9.69. The number of anilines is 3. The van der Waals surface area contributed by atoms with Crippen molar-refractivity contribution in [3.05, 3.63) is 101 Å². The van der Waals surface area contributed by atoms with E-state index < -0.39 is 21.4 Å². The predicted molar refractivity (Wildman–Crippen MR) is 177 cm³/mol. The maximum absolute atomic E-state index is 14.0. The fourth-order valence-corrected chi connectivity index (χ4v) is 7.40. The van der Waals surface area contributed by atoms with Crippen LogP contribution in [-0.4, -0.2) is 48.3 Å². The van der Waals surface area contributed by atoms with Crippen LogP contribution >= 0.6 is 0 Å². The third kappa shape index (κ3) is 6.36. The first-order valence-electron chi connectivity index (χ1n) is 15.0. The van der Waals surface area contributed by atoms with E-state index in [-0.39, 0.29) is 30.5 Å². The number of aromatic nitrogens is 2. The summed E-state index contributed by atoms with van der Waals surface area (Å²) in [5, 5.41) is 6.29. The summed E-state index contributed by atoms with van der Waals surface area (Å²) in [6.45, 7) is 11.1. The summed E-state index contributed by atoms with van der Waals surface area (Å²) in [5.74, 6) is -0.303. The van der Waals surface area contributed by atoms with Gasteiger partial charge in [0.1, 0.15) is 23.6 Å². The Labute approximate surface area is 265 Å². The maximum atomic E-state index is 14.0. The van der Waals surface area contributed by atoms with Crippen molar-refractivity contribution in [1.82, 2.24) is 14.3 Å². The zero-order valence-corrected chi connectivity index (χ0v) is 27.1. The number of aryl methyl sites for hydroxylation is 1. The van der Waals surface area contributed by atoms with Crippen molar-refractivity contribution in [2.45, 2.75) is 52.0 Å².